The topological polar surface area (TPSA) is 69.6 Å². The summed E-state index contributed by atoms with van der Waals surface area (Å²) in [4.78, 5) is 23.7. The second-order valence-electron chi connectivity index (χ2n) is 7.15. The zero-order valence-corrected chi connectivity index (χ0v) is 17.4. The summed E-state index contributed by atoms with van der Waals surface area (Å²) in [6, 6.07) is 0. The minimum Gasteiger partial charge on any atom is -0.357 e. The summed E-state index contributed by atoms with van der Waals surface area (Å²) in [6.45, 7) is 6.33. The van der Waals surface area contributed by atoms with E-state index in [1.54, 1.807) is 16.2 Å². The van der Waals surface area contributed by atoms with E-state index in [4.69, 9.17) is 4.99 Å². The second kappa shape index (κ2) is 9.90. The van der Waals surface area contributed by atoms with Crippen LogP contribution in [0.15, 0.2) is 10.4 Å². The Morgan fingerprint density at radius 3 is 2.62 bits per heavy atom. The van der Waals surface area contributed by atoms with Crippen molar-refractivity contribution in [2.75, 3.05) is 33.7 Å². The van der Waals surface area contributed by atoms with Crippen LogP contribution in [0.4, 0.5) is 0 Å². The van der Waals surface area contributed by atoms with Gasteiger partial charge in [-0.1, -0.05) is 19.8 Å². The number of thiazole rings is 1. The summed E-state index contributed by atoms with van der Waals surface area (Å²) >= 11 is 1.72. The lowest BCUT2D eigenvalue weighted by atomic mass is 9.85. The van der Waals surface area contributed by atoms with Gasteiger partial charge in [-0.3, -0.25) is 9.79 Å². The number of carbonyl (C=O) groups excluding carboxylic acids is 1. The van der Waals surface area contributed by atoms with Crippen molar-refractivity contribution in [3.8, 4) is 0 Å². The molecule has 1 aromatic rings. The Hall–Kier alpha value is -1.63. The lowest BCUT2D eigenvalue weighted by Crippen LogP contribution is -2.43. The molecule has 2 N–H and O–H groups in total. The molecule has 0 atom stereocenters. The van der Waals surface area contributed by atoms with Gasteiger partial charge in [-0.15, -0.1) is 11.3 Å². The number of carbonyl (C=O) groups is 1. The van der Waals surface area contributed by atoms with Gasteiger partial charge in [0.25, 0.3) is 0 Å². The molecule has 2 rings (SSSR count). The van der Waals surface area contributed by atoms with Crippen LogP contribution in [0.2, 0.25) is 0 Å². The van der Waals surface area contributed by atoms with Crippen LogP contribution in [0.5, 0.6) is 0 Å². The Balaban J connectivity index is 1.95. The van der Waals surface area contributed by atoms with Crippen LogP contribution in [0.3, 0.4) is 0 Å². The van der Waals surface area contributed by atoms with Gasteiger partial charge in [-0.25, -0.2) is 4.98 Å². The van der Waals surface area contributed by atoms with Crippen LogP contribution in [0, 0.1) is 5.41 Å². The Morgan fingerprint density at radius 1 is 1.31 bits per heavy atom. The number of rotatable bonds is 8. The van der Waals surface area contributed by atoms with Crippen molar-refractivity contribution in [3.05, 3.63) is 16.1 Å². The number of hydrogen-bond donors (Lipinski definition) is 2. The molecule has 0 unspecified atom stereocenters. The van der Waals surface area contributed by atoms with Gasteiger partial charge >= 0.3 is 0 Å². The highest BCUT2D eigenvalue weighted by atomic mass is 32.1. The lowest BCUT2D eigenvalue weighted by Gasteiger charge is -2.29. The summed E-state index contributed by atoms with van der Waals surface area (Å²) in [5.41, 5.74) is 0.807. The zero-order valence-electron chi connectivity index (χ0n) is 16.6. The maximum Gasteiger partial charge on any atom is 0.230 e. The van der Waals surface area contributed by atoms with E-state index in [9.17, 15) is 4.79 Å². The number of guanidine groups is 1. The molecule has 1 amide bonds. The molecule has 1 fully saturated rings. The molecule has 0 spiro atoms. The largest absolute Gasteiger partial charge is 0.357 e. The van der Waals surface area contributed by atoms with Gasteiger partial charge in [-0.05, 0) is 26.2 Å². The van der Waals surface area contributed by atoms with Gasteiger partial charge in [0.2, 0.25) is 5.91 Å². The van der Waals surface area contributed by atoms with E-state index in [0.29, 0.717) is 6.54 Å². The van der Waals surface area contributed by atoms with Crippen molar-refractivity contribution < 1.29 is 4.79 Å². The molecular formula is C19H33N5OS. The summed E-state index contributed by atoms with van der Waals surface area (Å²) in [6.07, 6.45) is 5.97. The number of nitrogens with zero attached hydrogens (tertiary/aromatic N) is 3. The molecule has 146 valence electrons. The van der Waals surface area contributed by atoms with Gasteiger partial charge < -0.3 is 15.5 Å². The lowest BCUT2D eigenvalue weighted by molar-refractivity contribution is -0.138. The smallest absolute Gasteiger partial charge is 0.230 e. The first kappa shape index (κ1) is 20.7. The third-order valence-electron chi connectivity index (χ3n) is 4.88. The van der Waals surface area contributed by atoms with Gasteiger partial charge in [0.1, 0.15) is 0 Å². The zero-order chi connectivity index (χ0) is 19.0. The normalized spacial score (nSPS) is 16.5. The average Bonchev–Trinajstić information content (AvgIpc) is 3.29. The molecule has 0 saturated heterocycles. The number of aliphatic imine (C=N–C) groups is 1. The fraction of sp³-hybridized carbons (Fsp3) is 0.737. The predicted molar refractivity (Wildman–Crippen MR) is 109 cm³/mol. The molecule has 0 radical (unpaired) electrons. The highest BCUT2D eigenvalue weighted by Gasteiger charge is 2.42. The third-order valence-corrected chi connectivity index (χ3v) is 5.92. The van der Waals surface area contributed by atoms with E-state index in [2.05, 4.69) is 34.8 Å². The third kappa shape index (κ3) is 5.43. The molecule has 1 aromatic heterocycles. The predicted octanol–water partition coefficient (Wildman–Crippen LogP) is 2.45. The molecule has 6 nitrogen and oxygen atoms in total. The number of nitrogens with one attached hydrogen (secondary N) is 2. The molecule has 0 bridgehead atoms. The highest BCUT2D eigenvalue weighted by molar-refractivity contribution is 7.09. The SMILES string of the molecule is CCNC(=NCC1(C(=O)N(C)C)CCCC1)NCCc1csc(CC)n1. The van der Waals surface area contributed by atoms with Crippen molar-refractivity contribution in [3.63, 3.8) is 0 Å². The molecular weight excluding hydrogens is 346 g/mol. The minimum atomic E-state index is -0.323. The highest BCUT2D eigenvalue weighted by Crippen LogP contribution is 2.39. The molecule has 1 aliphatic carbocycles. The first-order valence-corrected chi connectivity index (χ1v) is 10.6. The summed E-state index contributed by atoms with van der Waals surface area (Å²) in [5, 5.41) is 9.99. The van der Waals surface area contributed by atoms with Crippen molar-refractivity contribution in [1.29, 1.82) is 0 Å². The molecule has 1 saturated carbocycles. The van der Waals surface area contributed by atoms with Gasteiger partial charge in [0.15, 0.2) is 5.96 Å². The minimum absolute atomic E-state index is 0.212. The Labute approximate surface area is 161 Å². The number of amides is 1. The van der Waals surface area contributed by atoms with E-state index in [-0.39, 0.29) is 11.3 Å². The van der Waals surface area contributed by atoms with E-state index in [0.717, 1.165) is 63.3 Å². The number of aryl methyl sites for hydroxylation is 1. The van der Waals surface area contributed by atoms with E-state index < -0.39 is 0 Å². The molecule has 0 aliphatic heterocycles. The first-order chi connectivity index (χ1) is 12.5. The monoisotopic (exact) mass is 379 g/mol. The van der Waals surface area contributed by atoms with Crippen molar-refractivity contribution in [2.45, 2.75) is 52.4 Å². The molecule has 26 heavy (non-hydrogen) atoms. The molecule has 0 aromatic carbocycles. The van der Waals surface area contributed by atoms with Crippen LogP contribution >= 0.6 is 11.3 Å². The maximum absolute atomic E-state index is 12.7. The van der Waals surface area contributed by atoms with Crippen LogP contribution in [0.25, 0.3) is 0 Å². The van der Waals surface area contributed by atoms with Crippen LogP contribution in [0.1, 0.15) is 50.2 Å². The molecule has 7 heteroatoms. The van der Waals surface area contributed by atoms with Gasteiger partial charge in [-0.2, -0.15) is 0 Å². The van der Waals surface area contributed by atoms with Crippen LogP contribution < -0.4 is 10.6 Å². The average molecular weight is 380 g/mol. The Bertz CT molecular complexity index is 605. The van der Waals surface area contributed by atoms with E-state index in [1.165, 1.54) is 5.01 Å². The number of aromatic nitrogens is 1. The standard InChI is InChI=1S/C19H33N5OS/c1-5-16-23-15(13-26-16)9-12-21-18(20-6-2)22-14-19(10-7-8-11-19)17(25)24(3)4/h13H,5-12,14H2,1-4H3,(H2,20,21,22). The van der Waals surface area contributed by atoms with Crippen LogP contribution in [-0.2, 0) is 17.6 Å². The van der Waals surface area contributed by atoms with Crippen molar-refractivity contribution in [2.24, 2.45) is 10.4 Å². The quantitative estimate of drug-likeness (QED) is 0.538. The fourth-order valence-electron chi connectivity index (χ4n) is 3.47. The van der Waals surface area contributed by atoms with Crippen molar-refractivity contribution in [1.82, 2.24) is 20.5 Å². The second-order valence-corrected chi connectivity index (χ2v) is 8.09. The maximum atomic E-state index is 12.7. The Kier molecular flexibility index (Phi) is 7.87. The number of hydrogen-bond acceptors (Lipinski definition) is 4. The van der Waals surface area contributed by atoms with Crippen molar-refractivity contribution >= 4 is 23.2 Å². The van der Waals surface area contributed by atoms with Gasteiger partial charge in [0.05, 0.1) is 22.7 Å². The Morgan fingerprint density at radius 2 is 2.04 bits per heavy atom. The first-order valence-electron chi connectivity index (χ1n) is 9.68. The van der Waals surface area contributed by atoms with E-state index >= 15 is 0 Å². The van der Waals surface area contributed by atoms with Crippen LogP contribution in [-0.4, -0.2) is 55.5 Å². The van der Waals surface area contributed by atoms with E-state index in [1.807, 2.05) is 14.1 Å². The summed E-state index contributed by atoms with van der Waals surface area (Å²) < 4.78 is 0. The summed E-state index contributed by atoms with van der Waals surface area (Å²) in [7, 11) is 3.68. The molecule has 1 aliphatic rings. The summed E-state index contributed by atoms with van der Waals surface area (Å²) in [5.74, 6) is 1.00. The fourth-order valence-corrected chi connectivity index (χ4v) is 4.25. The molecule has 1 heterocycles. The van der Waals surface area contributed by atoms with Gasteiger partial charge in [0, 0.05) is 39.0 Å².